The molecule has 1 aliphatic heterocycles. The van der Waals surface area contributed by atoms with Gasteiger partial charge in [0.1, 0.15) is 5.75 Å². The minimum absolute atomic E-state index is 0.0629. The lowest BCUT2D eigenvalue weighted by atomic mass is 9.98. The number of rotatable bonds is 8. The molecule has 3 heterocycles. The highest BCUT2D eigenvalue weighted by Crippen LogP contribution is 2.42. The van der Waals surface area contributed by atoms with Crippen LogP contribution in [0.2, 0.25) is 0 Å². The Labute approximate surface area is 222 Å². The van der Waals surface area contributed by atoms with Crippen molar-refractivity contribution < 1.29 is 9.53 Å². The van der Waals surface area contributed by atoms with Gasteiger partial charge < -0.3 is 24.8 Å². The molecule has 0 saturated carbocycles. The van der Waals surface area contributed by atoms with Crippen LogP contribution in [0.15, 0.2) is 97.5 Å². The van der Waals surface area contributed by atoms with Crippen LogP contribution in [0.25, 0.3) is 0 Å². The van der Waals surface area contributed by atoms with Crippen LogP contribution < -0.4 is 20.3 Å². The Morgan fingerprint density at radius 1 is 1.05 bits per heavy atom. The third kappa shape index (κ3) is 5.49. The second kappa shape index (κ2) is 10.8. The summed E-state index contributed by atoms with van der Waals surface area (Å²) in [7, 11) is 0. The van der Waals surface area contributed by atoms with E-state index in [0.717, 1.165) is 16.9 Å². The van der Waals surface area contributed by atoms with Crippen molar-refractivity contribution >= 4 is 34.6 Å². The first-order chi connectivity index (χ1) is 18.0. The molecule has 2 aromatic heterocycles. The third-order valence-electron chi connectivity index (χ3n) is 6.32. The first-order valence-electron chi connectivity index (χ1n) is 12.3. The van der Waals surface area contributed by atoms with Crippen molar-refractivity contribution in [3.63, 3.8) is 0 Å². The molecule has 1 saturated heterocycles. The summed E-state index contributed by atoms with van der Waals surface area (Å²) in [6, 6.07) is 25.2. The smallest absolute Gasteiger partial charge is 0.262 e. The van der Waals surface area contributed by atoms with Crippen LogP contribution >= 0.6 is 12.2 Å². The number of nitrogens with one attached hydrogen (secondary N) is 2. The van der Waals surface area contributed by atoms with E-state index in [1.54, 1.807) is 6.20 Å². The molecule has 5 rings (SSSR count). The van der Waals surface area contributed by atoms with Crippen molar-refractivity contribution in [2.24, 2.45) is 0 Å². The van der Waals surface area contributed by atoms with Gasteiger partial charge in [0, 0.05) is 36.0 Å². The molecule has 8 heteroatoms. The number of hydrogen-bond donors (Lipinski definition) is 2. The Morgan fingerprint density at radius 2 is 1.81 bits per heavy atom. The number of nitrogens with zero attached hydrogens (tertiary/aromatic N) is 3. The summed E-state index contributed by atoms with van der Waals surface area (Å²) in [5, 5.41) is 7.01. The Balaban J connectivity index is 1.36. The highest BCUT2D eigenvalue weighted by molar-refractivity contribution is 7.80. The summed E-state index contributed by atoms with van der Waals surface area (Å²) in [5.74, 6) is 0.431. The van der Waals surface area contributed by atoms with Gasteiger partial charge in [-0.2, -0.15) is 0 Å². The molecule has 0 radical (unpaired) electrons. The fourth-order valence-electron chi connectivity index (χ4n) is 4.47. The van der Waals surface area contributed by atoms with Crippen LogP contribution in [-0.4, -0.2) is 27.2 Å². The quantitative estimate of drug-likeness (QED) is 0.298. The standard InChI is InChI=1S/C29H29N5O2S/c1-20(2)33-17-15-21(18-33)28-27(25-10-6-7-16-30-25)32-29(37)34(28)23-13-11-22(12-14-23)31-26(35)19-36-24-8-4-3-5-9-24/h3-18,20,27-28H,19H2,1-2H3,(H,31,35)(H,32,37)/t27-,28+/m0/s1. The predicted octanol–water partition coefficient (Wildman–Crippen LogP) is 5.66. The van der Waals surface area contributed by atoms with Crippen LogP contribution in [0.1, 0.15) is 43.2 Å². The topological polar surface area (TPSA) is 71.4 Å². The van der Waals surface area contributed by atoms with Crippen LogP contribution in [0, 0.1) is 0 Å². The molecular weight excluding hydrogens is 482 g/mol. The molecule has 2 aromatic carbocycles. The van der Waals surface area contributed by atoms with E-state index >= 15 is 0 Å². The van der Waals surface area contributed by atoms with Crippen LogP contribution in [-0.2, 0) is 4.79 Å². The van der Waals surface area contributed by atoms with Gasteiger partial charge in [0.05, 0.1) is 17.8 Å². The second-order valence-electron chi connectivity index (χ2n) is 9.18. The van der Waals surface area contributed by atoms with E-state index in [1.165, 1.54) is 0 Å². The van der Waals surface area contributed by atoms with Gasteiger partial charge in [-0.1, -0.05) is 24.3 Å². The summed E-state index contributed by atoms with van der Waals surface area (Å²) in [5.41, 5.74) is 3.69. The van der Waals surface area contributed by atoms with E-state index in [-0.39, 0.29) is 24.6 Å². The van der Waals surface area contributed by atoms with Gasteiger partial charge in [-0.05, 0) is 86.2 Å². The number of ether oxygens (including phenoxy) is 1. The van der Waals surface area contributed by atoms with Crippen LogP contribution in [0.4, 0.5) is 11.4 Å². The number of carbonyl (C=O) groups excluding carboxylic acids is 1. The van der Waals surface area contributed by atoms with E-state index in [1.807, 2.05) is 72.8 Å². The SMILES string of the molecule is CC(C)n1ccc([C@@H]2[C@H](c3ccccn3)NC(=S)N2c2ccc(NC(=O)COc3ccccc3)cc2)c1. The van der Waals surface area contributed by atoms with Gasteiger partial charge in [0.2, 0.25) is 0 Å². The van der Waals surface area contributed by atoms with Gasteiger partial charge >= 0.3 is 0 Å². The molecule has 2 atom stereocenters. The maximum atomic E-state index is 12.4. The largest absolute Gasteiger partial charge is 0.484 e. The minimum atomic E-state index is -0.224. The van der Waals surface area contributed by atoms with E-state index in [4.69, 9.17) is 17.0 Å². The Morgan fingerprint density at radius 3 is 2.49 bits per heavy atom. The number of thiocarbonyl (C=S) groups is 1. The number of anilines is 2. The molecular formula is C29H29N5O2S. The van der Waals surface area contributed by atoms with Gasteiger partial charge in [0.25, 0.3) is 5.91 Å². The maximum absolute atomic E-state index is 12.4. The fourth-order valence-corrected chi connectivity index (χ4v) is 4.81. The maximum Gasteiger partial charge on any atom is 0.262 e. The van der Waals surface area contributed by atoms with Crippen molar-refractivity contribution in [1.82, 2.24) is 14.9 Å². The van der Waals surface area contributed by atoms with Crippen molar-refractivity contribution in [2.75, 3.05) is 16.8 Å². The average molecular weight is 512 g/mol. The molecule has 2 N–H and O–H groups in total. The third-order valence-corrected chi connectivity index (χ3v) is 6.63. The number of benzene rings is 2. The molecule has 1 fully saturated rings. The molecule has 0 bridgehead atoms. The van der Waals surface area contributed by atoms with E-state index in [2.05, 4.69) is 57.4 Å². The molecule has 0 aliphatic carbocycles. The van der Waals surface area contributed by atoms with Crippen molar-refractivity contribution in [2.45, 2.75) is 32.0 Å². The molecule has 0 spiro atoms. The van der Waals surface area contributed by atoms with Gasteiger partial charge in [-0.15, -0.1) is 0 Å². The van der Waals surface area contributed by atoms with Crippen LogP contribution in [0.5, 0.6) is 5.75 Å². The normalized spacial score (nSPS) is 17.1. The number of para-hydroxylation sites is 1. The number of pyridine rings is 1. The van der Waals surface area contributed by atoms with Gasteiger partial charge in [-0.25, -0.2) is 0 Å². The predicted molar refractivity (Wildman–Crippen MR) is 150 cm³/mol. The molecule has 1 aliphatic rings. The van der Waals surface area contributed by atoms with E-state index in [9.17, 15) is 4.79 Å². The lowest BCUT2D eigenvalue weighted by Gasteiger charge is -2.27. The van der Waals surface area contributed by atoms with Crippen molar-refractivity contribution in [3.05, 3.63) is 109 Å². The Hall–Kier alpha value is -4.17. The zero-order valence-electron chi connectivity index (χ0n) is 20.7. The number of amides is 1. The highest BCUT2D eigenvalue weighted by atomic mass is 32.1. The Bertz CT molecular complexity index is 1360. The summed E-state index contributed by atoms with van der Waals surface area (Å²) in [6.07, 6.45) is 6.08. The average Bonchev–Trinajstić information content (AvgIpc) is 3.54. The minimum Gasteiger partial charge on any atom is -0.484 e. The van der Waals surface area contributed by atoms with Crippen molar-refractivity contribution in [3.8, 4) is 5.75 Å². The summed E-state index contributed by atoms with van der Waals surface area (Å²) in [6.45, 7) is 4.26. The monoisotopic (exact) mass is 511 g/mol. The van der Waals surface area contributed by atoms with Crippen LogP contribution in [0.3, 0.4) is 0 Å². The number of aromatic nitrogens is 2. The number of carbonyl (C=O) groups is 1. The Kier molecular flexibility index (Phi) is 7.18. The fraction of sp³-hybridized carbons (Fsp3) is 0.207. The molecule has 37 heavy (non-hydrogen) atoms. The highest BCUT2D eigenvalue weighted by Gasteiger charge is 2.41. The molecule has 4 aromatic rings. The molecule has 0 unspecified atom stereocenters. The first kappa shape index (κ1) is 24.5. The summed E-state index contributed by atoms with van der Waals surface area (Å²) >= 11 is 5.81. The second-order valence-corrected chi connectivity index (χ2v) is 9.57. The molecule has 188 valence electrons. The van der Waals surface area contributed by atoms with Gasteiger partial charge in [0.15, 0.2) is 11.7 Å². The number of hydrogen-bond acceptors (Lipinski definition) is 4. The molecule has 7 nitrogen and oxygen atoms in total. The lowest BCUT2D eigenvalue weighted by molar-refractivity contribution is -0.118. The summed E-state index contributed by atoms with van der Waals surface area (Å²) < 4.78 is 7.74. The van der Waals surface area contributed by atoms with E-state index < -0.39 is 0 Å². The van der Waals surface area contributed by atoms with E-state index in [0.29, 0.717) is 22.6 Å². The lowest BCUT2D eigenvalue weighted by Crippen LogP contribution is -2.29. The zero-order valence-corrected chi connectivity index (χ0v) is 21.6. The summed E-state index contributed by atoms with van der Waals surface area (Å²) in [4.78, 5) is 19.1. The van der Waals surface area contributed by atoms with Gasteiger partial charge in [-0.3, -0.25) is 9.78 Å². The van der Waals surface area contributed by atoms with Crippen molar-refractivity contribution in [1.29, 1.82) is 0 Å². The zero-order chi connectivity index (χ0) is 25.8. The first-order valence-corrected chi connectivity index (χ1v) is 12.7. The molecule has 1 amide bonds.